The fourth-order valence-electron chi connectivity index (χ4n) is 3.76. The Kier molecular flexibility index (Phi) is 4.14. The van der Waals surface area contributed by atoms with Gasteiger partial charge in [-0.25, -0.2) is 0 Å². The monoisotopic (exact) mass is 238 g/mol. The third-order valence-corrected chi connectivity index (χ3v) is 4.94. The molecule has 1 aliphatic heterocycles. The van der Waals surface area contributed by atoms with Crippen LogP contribution in [0.4, 0.5) is 0 Å². The molecule has 1 N–H and O–H groups in total. The van der Waals surface area contributed by atoms with Crippen molar-refractivity contribution in [3.8, 4) is 0 Å². The first kappa shape index (κ1) is 13.4. The van der Waals surface area contributed by atoms with Crippen molar-refractivity contribution in [1.29, 1.82) is 0 Å². The Labute approximate surface area is 107 Å². The van der Waals surface area contributed by atoms with Crippen LogP contribution in [0.1, 0.15) is 53.4 Å². The van der Waals surface area contributed by atoms with Crippen LogP contribution >= 0.6 is 0 Å². The number of hydrogen-bond donors (Lipinski definition) is 1. The van der Waals surface area contributed by atoms with Crippen LogP contribution in [0.2, 0.25) is 0 Å². The molecule has 2 unspecified atom stereocenters. The molecule has 0 spiro atoms. The molecule has 0 amide bonds. The molecule has 2 fully saturated rings. The van der Waals surface area contributed by atoms with Crippen molar-refractivity contribution < 1.29 is 0 Å². The Morgan fingerprint density at radius 2 is 2.00 bits per heavy atom. The highest BCUT2D eigenvalue weighted by molar-refractivity contribution is 4.94. The molecule has 1 saturated carbocycles. The molecular weight excluding hydrogens is 208 g/mol. The zero-order valence-electron chi connectivity index (χ0n) is 12.1. The van der Waals surface area contributed by atoms with Gasteiger partial charge < -0.3 is 5.32 Å². The van der Waals surface area contributed by atoms with Gasteiger partial charge in [-0.05, 0) is 38.5 Å². The maximum atomic E-state index is 3.54. The highest BCUT2D eigenvalue weighted by Crippen LogP contribution is 2.35. The lowest BCUT2D eigenvalue weighted by Crippen LogP contribution is -2.61. The summed E-state index contributed by atoms with van der Waals surface area (Å²) < 4.78 is 0. The van der Waals surface area contributed by atoms with E-state index in [4.69, 9.17) is 0 Å². The van der Waals surface area contributed by atoms with Crippen molar-refractivity contribution in [2.24, 2.45) is 11.8 Å². The van der Waals surface area contributed by atoms with E-state index in [0.717, 1.165) is 24.4 Å². The van der Waals surface area contributed by atoms with E-state index < -0.39 is 0 Å². The minimum Gasteiger partial charge on any atom is -0.314 e. The number of nitrogens with one attached hydrogen (secondary N) is 1. The molecule has 1 heterocycles. The first-order chi connectivity index (χ1) is 8.00. The average Bonchev–Trinajstić information content (AvgIpc) is 2.28. The summed E-state index contributed by atoms with van der Waals surface area (Å²) in [5, 5.41) is 3.54. The SMILES string of the molecule is CC(C)C1CCCC(N2CCNCC2(C)C)C1. The Hall–Kier alpha value is -0.0800. The molecule has 17 heavy (non-hydrogen) atoms. The van der Waals surface area contributed by atoms with E-state index in [1.165, 1.54) is 38.8 Å². The Balaban J connectivity index is 2.00. The van der Waals surface area contributed by atoms with Crippen LogP contribution in [0.5, 0.6) is 0 Å². The minimum absolute atomic E-state index is 0.349. The maximum Gasteiger partial charge on any atom is 0.0281 e. The molecule has 2 atom stereocenters. The van der Waals surface area contributed by atoms with Gasteiger partial charge in [0.2, 0.25) is 0 Å². The van der Waals surface area contributed by atoms with Crippen LogP contribution in [0.25, 0.3) is 0 Å². The molecule has 0 aromatic heterocycles. The van der Waals surface area contributed by atoms with Crippen molar-refractivity contribution in [3.63, 3.8) is 0 Å². The van der Waals surface area contributed by atoms with Gasteiger partial charge in [0.15, 0.2) is 0 Å². The first-order valence-corrected chi connectivity index (χ1v) is 7.48. The summed E-state index contributed by atoms with van der Waals surface area (Å²) >= 11 is 0. The van der Waals surface area contributed by atoms with Gasteiger partial charge in [0.25, 0.3) is 0 Å². The van der Waals surface area contributed by atoms with Gasteiger partial charge in [0.05, 0.1) is 0 Å². The quantitative estimate of drug-likeness (QED) is 0.796. The predicted octanol–water partition coefficient (Wildman–Crippen LogP) is 2.89. The molecule has 2 aliphatic rings. The van der Waals surface area contributed by atoms with Crippen LogP contribution in [0.3, 0.4) is 0 Å². The van der Waals surface area contributed by atoms with Gasteiger partial charge in [-0.2, -0.15) is 0 Å². The Morgan fingerprint density at radius 3 is 2.65 bits per heavy atom. The van der Waals surface area contributed by atoms with Crippen LogP contribution < -0.4 is 5.32 Å². The van der Waals surface area contributed by atoms with Crippen LogP contribution in [0, 0.1) is 11.8 Å². The maximum absolute atomic E-state index is 3.54. The van der Waals surface area contributed by atoms with E-state index in [1.54, 1.807) is 0 Å². The summed E-state index contributed by atoms with van der Waals surface area (Å²) in [6.07, 6.45) is 5.75. The number of hydrogen-bond acceptors (Lipinski definition) is 2. The second-order valence-electron chi connectivity index (χ2n) is 7.01. The van der Waals surface area contributed by atoms with Crippen molar-refractivity contribution in [1.82, 2.24) is 10.2 Å². The van der Waals surface area contributed by atoms with Gasteiger partial charge in [0, 0.05) is 31.2 Å². The second kappa shape index (κ2) is 5.27. The minimum atomic E-state index is 0.349. The largest absolute Gasteiger partial charge is 0.314 e. The lowest BCUT2D eigenvalue weighted by Gasteiger charge is -2.49. The third kappa shape index (κ3) is 3.03. The van der Waals surface area contributed by atoms with E-state index in [1.807, 2.05) is 0 Å². The highest BCUT2D eigenvalue weighted by Gasteiger charge is 2.37. The zero-order valence-corrected chi connectivity index (χ0v) is 12.1. The van der Waals surface area contributed by atoms with Crippen molar-refractivity contribution >= 4 is 0 Å². The molecule has 1 saturated heterocycles. The molecule has 1 aliphatic carbocycles. The lowest BCUT2D eigenvalue weighted by atomic mass is 9.77. The molecule has 0 aromatic carbocycles. The van der Waals surface area contributed by atoms with Crippen LogP contribution in [-0.4, -0.2) is 36.1 Å². The molecule has 0 radical (unpaired) electrons. The van der Waals surface area contributed by atoms with Crippen molar-refractivity contribution in [2.45, 2.75) is 65.0 Å². The molecule has 0 bridgehead atoms. The second-order valence-corrected chi connectivity index (χ2v) is 7.01. The summed E-state index contributed by atoms with van der Waals surface area (Å²) in [7, 11) is 0. The van der Waals surface area contributed by atoms with Crippen molar-refractivity contribution in [2.75, 3.05) is 19.6 Å². The van der Waals surface area contributed by atoms with Gasteiger partial charge in [-0.15, -0.1) is 0 Å². The number of nitrogens with zero attached hydrogens (tertiary/aromatic N) is 1. The van der Waals surface area contributed by atoms with Gasteiger partial charge in [0.1, 0.15) is 0 Å². The smallest absolute Gasteiger partial charge is 0.0281 e. The van der Waals surface area contributed by atoms with E-state index in [-0.39, 0.29) is 0 Å². The van der Waals surface area contributed by atoms with Crippen molar-refractivity contribution in [3.05, 3.63) is 0 Å². The van der Waals surface area contributed by atoms with Gasteiger partial charge in [-0.3, -0.25) is 4.90 Å². The topological polar surface area (TPSA) is 15.3 Å². The molecule has 2 rings (SSSR count). The van der Waals surface area contributed by atoms with Crippen LogP contribution in [0.15, 0.2) is 0 Å². The number of piperazine rings is 1. The van der Waals surface area contributed by atoms with E-state index in [0.29, 0.717) is 5.54 Å². The summed E-state index contributed by atoms with van der Waals surface area (Å²) in [6, 6.07) is 0.841. The molecular formula is C15H30N2. The van der Waals surface area contributed by atoms with Crippen LogP contribution in [-0.2, 0) is 0 Å². The Morgan fingerprint density at radius 1 is 1.24 bits per heavy atom. The molecule has 0 aromatic rings. The summed E-state index contributed by atoms with van der Waals surface area (Å²) in [5.74, 6) is 1.82. The number of rotatable bonds is 2. The summed E-state index contributed by atoms with van der Waals surface area (Å²) in [5.41, 5.74) is 0.349. The van der Waals surface area contributed by atoms with Gasteiger partial charge in [-0.1, -0.05) is 26.7 Å². The molecule has 2 nitrogen and oxygen atoms in total. The normalized spacial score (nSPS) is 35.1. The third-order valence-electron chi connectivity index (χ3n) is 4.94. The standard InChI is InChI=1S/C15H30N2/c1-12(2)13-6-5-7-14(10-13)17-9-8-16-11-15(17,3)4/h12-14,16H,5-11H2,1-4H3. The highest BCUT2D eigenvalue weighted by atomic mass is 15.3. The van der Waals surface area contributed by atoms with Gasteiger partial charge >= 0.3 is 0 Å². The van der Waals surface area contributed by atoms with E-state index in [2.05, 4.69) is 37.9 Å². The zero-order chi connectivity index (χ0) is 12.5. The predicted molar refractivity (Wildman–Crippen MR) is 74.2 cm³/mol. The molecule has 2 heteroatoms. The lowest BCUT2D eigenvalue weighted by molar-refractivity contribution is 0.0129. The summed E-state index contributed by atoms with van der Waals surface area (Å²) in [6.45, 7) is 13.2. The first-order valence-electron chi connectivity index (χ1n) is 7.48. The van der Waals surface area contributed by atoms with E-state index >= 15 is 0 Å². The average molecular weight is 238 g/mol. The Bertz CT molecular complexity index is 247. The summed E-state index contributed by atoms with van der Waals surface area (Å²) in [4.78, 5) is 2.79. The fraction of sp³-hybridized carbons (Fsp3) is 1.00. The molecule has 100 valence electrons. The van der Waals surface area contributed by atoms with E-state index in [9.17, 15) is 0 Å². The fourth-order valence-corrected chi connectivity index (χ4v) is 3.76.